The molecule has 0 amide bonds. The van der Waals surface area contributed by atoms with Gasteiger partial charge in [-0.05, 0) is 33.1 Å². The van der Waals surface area contributed by atoms with Crippen LogP contribution in [0.25, 0.3) is 0 Å². The van der Waals surface area contributed by atoms with E-state index >= 15 is 0 Å². The monoisotopic (exact) mass is 270 g/mol. The average molecular weight is 270 g/mol. The summed E-state index contributed by atoms with van der Waals surface area (Å²) in [6, 6.07) is 0. The zero-order valence-electron chi connectivity index (χ0n) is 12.7. The van der Waals surface area contributed by atoms with Gasteiger partial charge in [0.15, 0.2) is 0 Å². The van der Waals surface area contributed by atoms with Gasteiger partial charge >= 0.3 is 0 Å². The predicted octanol–water partition coefficient (Wildman–Crippen LogP) is 1.77. The number of morpholine rings is 1. The Bertz CT molecular complexity index is 275. The maximum absolute atomic E-state index is 6.18. The molecular formula is C15H30N2O2. The smallest absolute Gasteiger partial charge is 0.0678 e. The Labute approximate surface area is 117 Å². The molecule has 0 bridgehead atoms. The van der Waals surface area contributed by atoms with Crippen LogP contribution >= 0.6 is 0 Å². The minimum Gasteiger partial charge on any atom is -0.378 e. The van der Waals surface area contributed by atoms with Gasteiger partial charge in [-0.2, -0.15) is 0 Å². The van der Waals surface area contributed by atoms with Crippen LogP contribution in [-0.4, -0.2) is 55.0 Å². The Kier molecular flexibility index (Phi) is 5.23. The Morgan fingerprint density at radius 2 is 1.95 bits per heavy atom. The van der Waals surface area contributed by atoms with E-state index in [-0.39, 0.29) is 5.54 Å². The molecule has 4 heteroatoms. The van der Waals surface area contributed by atoms with E-state index in [4.69, 9.17) is 15.2 Å². The van der Waals surface area contributed by atoms with E-state index in [0.29, 0.717) is 18.3 Å². The molecular weight excluding hydrogens is 240 g/mol. The lowest BCUT2D eigenvalue weighted by atomic mass is 9.82. The second-order valence-electron chi connectivity index (χ2n) is 6.33. The van der Waals surface area contributed by atoms with Crippen molar-refractivity contribution in [3.63, 3.8) is 0 Å². The van der Waals surface area contributed by atoms with Crippen LogP contribution in [0, 0.1) is 0 Å². The first-order valence-electron chi connectivity index (χ1n) is 7.82. The molecule has 4 nitrogen and oxygen atoms in total. The van der Waals surface area contributed by atoms with Crippen LogP contribution in [0.4, 0.5) is 0 Å². The molecule has 2 heterocycles. The van der Waals surface area contributed by atoms with Crippen molar-refractivity contribution in [3.8, 4) is 0 Å². The fraction of sp³-hybridized carbons (Fsp3) is 1.00. The molecule has 0 spiro atoms. The van der Waals surface area contributed by atoms with Gasteiger partial charge in [-0.1, -0.05) is 13.3 Å². The lowest BCUT2D eigenvalue weighted by Gasteiger charge is -2.51. The first-order valence-corrected chi connectivity index (χ1v) is 7.82. The molecule has 0 aliphatic carbocycles. The topological polar surface area (TPSA) is 47.7 Å². The maximum Gasteiger partial charge on any atom is 0.0678 e. The molecule has 2 aliphatic rings. The summed E-state index contributed by atoms with van der Waals surface area (Å²) in [5.74, 6) is 0. The van der Waals surface area contributed by atoms with Crippen molar-refractivity contribution >= 4 is 0 Å². The first kappa shape index (κ1) is 15.2. The van der Waals surface area contributed by atoms with Crippen molar-refractivity contribution < 1.29 is 9.47 Å². The van der Waals surface area contributed by atoms with Gasteiger partial charge in [0.2, 0.25) is 0 Å². The van der Waals surface area contributed by atoms with Crippen LogP contribution in [0.3, 0.4) is 0 Å². The van der Waals surface area contributed by atoms with E-state index in [9.17, 15) is 0 Å². The molecule has 2 unspecified atom stereocenters. The Hall–Kier alpha value is -0.160. The zero-order chi connectivity index (χ0) is 13.9. The number of nitrogens with zero attached hydrogens (tertiary/aromatic N) is 1. The standard InChI is InChI=1S/C15H30N2O2/c1-4-5-14-8-15(11-16,6-7-18-14)17-9-12(2)19-13(3)10-17/h12-14H,4-11,16H2,1-3H3/t12-,13+,14?,15?. The van der Waals surface area contributed by atoms with Crippen LogP contribution in [0.15, 0.2) is 0 Å². The van der Waals surface area contributed by atoms with E-state index in [1.807, 2.05) is 0 Å². The summed E-state index contributed by atoms with van der Waals surface area (Å²) < 4.78 is 11.8. The van der Waals surface area contributed by atoms with Gasteiger partial charge in [-0.15, -0.1) is 0 Å². The minimum atomic E-state index is 0.129. The third-order valence-electron chi connectivity index (χ3n) is 4.61. The highest BCUT2D eigenvalue weighted by atomic mass is 16.5. The molecule has 0 aromatic rings. The van der Waals surface area contributed by atoms with Gasteiger partial charge in [-0.3, -0.25) is 4.90 Å². The van der Waals surface area contributed by atoms with Crippen LogP contribution < -0.4 is 5.73 Å². The van der Waals surface area contributed by atoms with Gasteiger partial charge in [0.05, 0.1) is 18.3 Å². The number of rotatable bonds is 4. The van der Waals surface area contributed by atoms with Crippen LogP contribution in [0.2, 0.25) is 0 Å². The van der Waals surface area contributed by atoms with Gasteiger partial charge in [-0.25, -0.2) is 0 Å². The Morgan fingerprint density at radius 3 is 2.53 bits per heavy atom. The Balaban J connectivity index is 2.07. The Morgan fingerprint density at radius 1 is 1.26 bits per heavy atom. The van der Waals surface area contributed by atoms with E-state index in [1.54, 1.807) is 0 Å². The predicted molar refractivity (Wildman–Crippen MR) is 77.2 cm³/mol. The van der Waals surface area contributed by atoms with Crippen LogP contribution in [0.5, 0.6) is 0 Å². The summed E-state index contributed by atoms with van der Waals surface area (Å²) in [5.41, 5.74) is 6.31. The fourth-order valence-electron chi connectivity index (χ4n) is 3.67. The molecule has 2 N–H and O–H groups in total. The summed E-state index contributed by atoms with van der Waals surface area (Å²) >= 11 is 0. The summed E-state index contributed by atoms with van der Waals surface area (Å²) in [5, 5.41) is 0. The molecule has 0 saturated carbocycles. The molecule has 0 radical (unpaired) electrons. The van der Waals surface area contributed by atoms with E-state index in [2.05, 4.69) is 25.7 Å². The van der Waals surface area contributed by atoms with Crippen LogP contribution in [0.1, 0.15) is 46.5 Å². The highest BCUT2D eigenvalue weighted by Crippen LogP contribution is 2.34. The van der Waals surface area contributed by atoms with Crippen molar-refractivity contribution in [1.82, 2.24) is 4.90 Å². The maximum atomic E-state index is 6.18. The number of nitrogens with two attached hydrogens (primary N) is 1. The summed E-state index contributed by atoms with van der Waals surface area (Å²) in [4.78, 5) is 2.58. The largest absolute Gasteiger partial charge is 0.378 e. The van der Waals surface area contributed by atoms with Gasteiger partial charge < -0.3 is 15.2 Å². The third-order valence-corrected chi connectivity index (χ3v) is 4.61. The number of ether oxygens (including phenoxy) is 2. The van der Waals surface area contributed by atoms with Crippen molar-refractivity contribution in [2.24, 2.45) is 5.73 Å². The number of hydrogen-bond acceptors (Lipinski definition) is 4. The third kappa shape index (κ3) is 3.48. The zero-order valence-corrected chi connectivity index (χ0v) is 12.7. The molecule has 2 aliphatic heterocycles. The lowest BCUT2D eigenvalue weighted by molar-refractivity contribution is -0.135. The van der Waals surface area contributed by atoms with Crippen molar-refractivity contribution in [2.45, 2.75) is 70.3 Å². The van der Waals surface area contributed by atoms with Crippen molar-refractivity contribution in [1.29, 1.82) is 0 Å². The first-order chi connectivity index (χ1) is 9.09. The van der Waals surface area contributed by atoms with Gasteiger partial charge in [0, 0.05) is 31.8 Å². The molecule has 4 atom stereocenters. The average Bonchev–Trinajstić information content (AvgIpc) is 2.38. The highest BCUT2D eigenvalue weighted by Gasteiger charge is 2.43. The fourth-order valence-corrected chi connectivity index (χ4v) is 3.67. The van der Waals surface area contributed by atoms with Crippen LogP contribution in [-0.2, 0) is 9.47 Å². The second-order valence-corrected chi connectivity index (χ2v) is 6.33. The summed E-state index contributed by atoms with van der Waals surface area (Å²) in [6.07, 6.45) is 5.47. The normalized spacial score (nSPS) is 41.4. The second kappa shape index (κ2) is 6.53. The quantitative estimate of drug-likeness (QED) is 0.846. The molecule has 2 rings (SSSR count). The summed E-state index contributed by atoms with van der Waals surface area (Å²) in [6.45, 7) is 10.1. The minimum absolute atomic E-state index is 0.129. The molecule has 2 fully saturated rings. The van der Waals surface area contributed by atoms with Crippen molar-refractivity contribution in [2.75, 3.05) is 26.2 Å². The van der Waals surface area contributed by atoms with E-state index in [0.717, 1.165) is 45.5 Å². The van der Waals surface area contributed by atoms with E-state index in [1.165, 1.54) is 6.42 Å². The lowest BCUT2D eigenvalue weighted by Crippen LogP contribution is -2.63. The van der Waals surface area contributed by atoms with E-state index < -0.39 is 0 Å². The SMILES string of the molecule is CCCC1CC(CN)(N2C[C@@H](C)O[C@@H](C)C2)CCO1. The molecule has 112 valence electrons. The van der Waals surface area contributed by atoms with Gasteiger partial charge in [0.25, 0.3) is 0 Å². The summed E-state index contributed by atoms with van der Waals surface area (Å²) in [7, 11) is 0. The highest BCUT2D eigenvalue weighted by molar-refractivity contribution is 4.98. The molecule has 0 aromatic carbocycles. The molecule has 19 heavy (non-hydrogen) atoms. The molecule has 0 aromatic heterocycles. The van der Waals surface area contributed by atoms with Gasteiger partial charge in [0.1, 0.15) is 0 Å². The molecule has 2 saturated heterocycles. The number of hydrogen-bond donors (Lipinski definition) is 1. The van der Waals surface area contributed by atoms with Crippen molar-refractivity contribution in [3.05, 3.63) is 0 Å².